The van der Waals surface area contributed by atoms with Gasteiger partial charge in [0.05, 0.1) is 0 Å². The smallest absolute Gasteiger partial charge is 0.120 e. The molecule has 0 aromatic carbocycles. The van der Waals surface area contributed by atoms with E-state index in [-0.39, 0.29) is 0 Å². The molecule has 0 rings (SSSR count). The van der Waals surface area contributed by atoms with Gasteiger partial charge in [0.15, 0.2) is 0 Å². The van der Waals surface area contributed by atoms with Crippen LogP contribution in [-0.4, -0.2) is 6.29 Å². The quantitative estimate of drug-likeness (QED) is 0.294. The summed E-state index contributed by atoms with van der Waals surface area (Å²) in [5, 5.41) is 0. The molecule has 0 aromatic heterocycles. The minimum Gasteiger partial charge on any atom is -0.303 e. The van der Waals surface area contributed by atoms with E-state index >= 15 is 0 Å². The minimum absolute atomic E-state index is 0.332. The van der Waals surface area contributed by atoms with Gasteiger partial charge in [-0.05, 0) is 72.1 Å². The Bertz CT molecular complexity index is 406. The van der Waals surface area contributed by atoms with Crippen LogP contribution in [0.2, 0.25) is 0 Å². The maximum atomic E-state index is 10.5. The van der Waals surface area contributed by atoms with Gasteiger partial charge in [-0.15, -0.1) is 6.58 Å². The number of carbonyl (C=O) groups is 1. The summed E-state index contributed by atoms with van der Waals surface area (Å²) in [6, 6.07) is 0. The van der Waals surface area contributed by atoms with Crippen molar-refractivity contribution in [3.05, 3.63) is 47.6 Å². The zero-order chi connectivity index (χ0) is 16.8. The summed E-state index contributed by atoms with van der Waals surface area (Å²) in [6.07, 6.45) is 17.1. The molecule has 1 nitrogen and oxygen atoms in total. The number of aldehydes is 1. The van der Waals surface area contributed by atoms with Gasteiger partial charge >= 0.3 is 0 Å². The zero-order valence-corrected chi connectivity index (χ0v) is 15.0. The average Bonchev–Trinajstić information content (AvgIpc) is 2.46. The topological polar surface area (TPSA) is 17.1 Å². The molecule has 22 heavy (non-hydrogen) atoms. The molecule has 0 aromatic rings. The minimum atomic E-state index is 0.332. The lowest BCUT2D eigenvalue weighted by Gasteiger charge is -2.06. The van der Waals surface area contributed by atoms with Crippen molar-refractivity contribution in [1.29, 1.82) is 0 Å². The molecule has 1 heteroatoms. The Morgan fingerprint density at radius 1 is 0.909 bits per heavy atom. The number of hydrogen-bond acceptors (Lipinski definition) is 1. The fourth-order valence-electron chi connectivity index (χ4n) is 2.34. The monoisotopic (exact) mass is 302 g/mol. The second-order valence-corrected chi connectivity index (χ2v) is 6.44. The van der Waals surface area contributed by atoms with E-state index in [1.165, 1.54) is 23.1 Å². The van der Waals surface area contributed by atoms with E-state index in [0.29, 0.717) is 12.3 Å². The Balaban J connectivity index is 3.98. The molecule has 124 valence electrons. The third kappa shape index (κ3) is 12.4. The van der Waals surface area contributed by atoms with Gasteiger partial charge in [0.1, 0.15) is 6.29 Å². The van der Waals surface area contributed by atoms with Crippen LogP contribution in [0.3, 0.4) is 0 Å². The molecular weight excluding hydrogens is 268 g/mol. The standard InChI is InChI=1S/C21H34O/c1-6-21(16-17-22)15-9-14-20(5)13-8-12-19(4)11-7-10-18(2)3/h6,10,12,14,17,21H,1,7-9,11,13,15-16H2,2-5H3. The van der Waals surface area contributed by atoms with Crippen LogP contribution < -0.4 is 0 Å². The fraction of sp³-hybridized carbons (Fsp3) is 0.571. The van der Waals surface area contributed by atoms with Crippen LogP contribution in [0.15, 0.2) is 47.6 Å². The highest BCUT2D eigenvalue weighted by Gasteiger charge is 2.01. The summed E-state index contributed by atoms with van der Waals surface area (Å²) >= 11 is 0. The van der Waals surface area contributed by atoms with Gasteiger partial charge < -0.3 is 4.79 Å². The maximum Gasteiger partial charge on any atom is 0.120 e. The molecule has 0 spiro atoms. The Labute approximate surface area is 137 Å². The van der Waals surface area contributed by atoms with Gasteiger partial charge in [0, 0.05) is 6.42 Å². The first-order valence-electron chi connectivity index (χ1n) is 8.50. The van der Waals surface area contributed by atoms with Crippen LogP contribution in [0.25, 0.3) is 0 Å². The van der Waals surface area contributed by atoms with Crippen LogP contribution in [0.1, 0.15) is 72.6 Å². The van der Waals surface area contributed by atoms with Crippen LogP contribution in [0.5, 0.6) is 0 Å². The van der Waals surface area contributed by atoms with Gasteiger partial charge in [-0.2, -0.15) is 0 Å². The molecule has 0 bridgehead atoms. The second-order valence-electron chi connectivity index (χ2n) is 6.44. The first-order valence-corrected chi connectivity index (χ1v) is 8.50. The lowest BCUT2D eigenvalue weighted by Crippen LogP contribution is -1.96. The van der Waals surface area contributed by atoms with Crippen molar-refractivity contribution in [3.8, 4) is 0 Å². The zero-order valence-electron chi connectivity index (χ0n) is 15.0. The van der Waals surface area contributed by atoms with E-state index in [0.717, 1.165) is 38.4 Å². The van der Waals surface area contributed by atoms with E-state index in [2.05, 4.69) is 52.5 Å². The summed E-state index contributed by atoms with van der Waals surface area (Å²) < 4.78 is 0. The molecular formula is C21H34O. The van der Waals surface area contributed by atoms with Gasteiger partial charge in [0.25, 0.3) is 0 Å². The summed E-state index contributed by atoms with van der Waals surface area (Å²) in [7, 11) is 0. The van der Waals surface area contributed by atoms with Crippen molar-refractivity contribution in [1.82, 2.24) is 0 Å². The average molecular weight is 303 g/mol. The number of hydrogen-bond donors (Lipinski definition) is 0. The molecule has 0 saturated carbocycles. The first kappa shape index (κ1) is 20.6. The fourth-order valence-corrected chi connectivity index (χ4v) is 2.34. The van der Waals surface area contributed by atoms with Crippen molar-refractivity contribution < 1.29 is 4.79 Å². The molecule has 1 unspecified atom stereocenters. The van der Waals surface area contributed by atoms with Crippen LogP contribution >= 0.6 is 0 Å². The highest BCUT2D eigenvalue weighted by molar-refractivity contribution is 5.50. The van der Waals surface area contributed by atoms with Crippen molar-refractivity contribution in [2.75, 3.05) is 0 Å². The number of carbonyl (C=O) groups excluding carboxylic acids is 1. The second kappa shape index (κ2) is 13.3. The van der Waals surface area contributed by atoms with Crippen molar-refractivity contribution in [2.45, 2.75) is 72.6 Å². The number of rotatable bonds is 12. The maximum absolute atomic E-state index is 10.5. The van der Waals surface area contributed by atoms with E-state index in [1.807, 2.05) is 6.08 Å². The van der Waals surface area contributed by atoms with Gasteiger partial charge in [0.2, 0.25) is 0 Å². The lowest BCUT2D eigenvalue weighted by molar-refractivity contribution is -0.108. The van der Waals surface area contributed by atoms with Crippen LogP contribution in [0, 0.1) is 5.92 Å². The van der Waals surface area contributed by atoms with E-state index in [4.69, 9.17) is 0 Å². The van der Waals surface area contributed by atoms with E-state index in [1.54, 1.807) is 0 Å². The molecule has 0 radical (unpaired) electrons. The van der Waals surface area contributed by atoms with Gasteiger partial charge in [-0.3, -0.25) is 0 Å². The van der Waals surface area contributed by atoms with Gasteiger partial charge in [-0.1, -0.05) is 41.0 Å². The highest BCUT2D eigenvalue weighted by Crippen LogP contribution is 2.15. The summed E-state index contributed by atoms with van der Waals surface area (Å²) in [4.78, 5) is 10.5. The molecule has 0 aliphatic rings. The molecule has 0 N–H and O–H groups in total. The van der Waals surface area contributed by atoms with Crippen LogP contribution in [-0.2, 0) is 4.79 Å². The lowest BCUT2D eigenvalue weighted by atomic mass is 9.99. The molecule has 1 atom stereocenters. The van der Waals surface area contributed by atoms with E-state index < -0.39 is 0 Å². The van der Waals surface area contributed by atoms with E-state index in [9.17, 15) is 4.79 Å². The molecule has 0 saturated heterocycles. The van der Waals surface area contributed by atoms with Gasteiger partial charge in [-0.25, -0.2) is 0 Å². The summed E-state index contributed by atoms with van der Waals surface area (Å²) in [6.45, 7) is 12.5. The number of allylic oxidation sites excluding steroid dienone is 7. The Morgan fingerprint density at radius 3 is 1.95 bits per heavy atom. The predicted octanol–water partition coefficient (Wildman–Crippen LogP) is 6.58. The van der Waals surface area contributed by atoms with Crippen LogP contribution in [0.4, 0.5) is 0 Å². The summed E-state index contributed by atoms with van der Waals surface area (Å²) in [5.74, 6) is 0.332. The third-order valence-electron chi connectivity index (χ3n) is 3.89. The molecule has 0 fully saturated rings. The summed E-state index contributed by atoms with van der Waals surface area (Å²) in [5.41, 5.74) is 4.34. The third-order valence-corrected chi connectivity index (χ3v) is 3.89. The largest absolute Gasteiger partial charge is 0.303 e. The van der Waals surface area contributed by atoms with Crippen molar-refractivity contribution in [2.24, 2.45) is 5.92 Å². The molecule has 0 aliphatic carbocycles. The molecule has 0 aliphatic heterocycles. The molecule has 0 heterocycles. The Kier molecular flexibility index (Phi) is 12.5. The first-order chi connectivity index (χ1) is 10.5. The SMILES string of the molecule is C=CC(CC=O)CCC=C(C)CCC=C(C)CCC=C(C)C. The van der Waals surface area contributed by atoms with Crippen molar-refractivity contribution >= 4 is 6.29 Å². The highest BCUT2D eigenvalue weighted by atomic mass is 16.1. The van der Waals surface area contributed by atoms with Crippen molar-refractivity contribution in [3.63, 3.8) is 0 Å². The molecule has 0 amide bonds. The Hall–Kier alpha value is -1.37. The predicted molar refractivity (Wildman–Crippen MR) is 99.0 cm³/mol. The normalized spacial score (nSPS) is 13.6. The Morgan fingerprint density at radius 2 is 1.45 bits per heavy atom.